The summed E-state index contributed by atoms with van der Waals surface area (Å²) in [4.78, 5) is 11.3. The Kier molecular flexibility index (Phi) is 6.00. The summed E-state index contributed by atoms with van der Waals surface area (Å²) in [5.41, 5.74) is 4.66. The summed E-state index contributed by atoms with van der Waals surface area (Å²) < 4.78 is 47.3. The predicted octanol–water partition coefficient (Wildman–Crippen LogP) is 4.91. The van der Waals surface area contributed by atoms with E-state index in [4.69, 9.17) is 0 Å². The van der Waals surface area contributed by atoms with Crippen LogP contribution in [0.2, 0.25) is 0 Å². The third-order valence-electron chi connectivity index (χ3n) is 4.49. The van der Waals surface area contributed by atoms with Crippen molar-refractivity contribution in [2.75, 3.05) is 7.11 Å². The van der Waals surface area contributed by atoms with Crippen LogP contribution in [0.4, 0.5) is 18.0 Å². The topological polar surface area (TPSA) is 65.4 Å². The van der Waals surface area contributed by atoms with Crippen LogP contribution in [0, 0.1) is 13.8 Å². The molecule has 0 unspecified atom stereocenters. The second kappa shape index (κ2) is 8.48. The van der Waals surface area contributed by atoms with E-state index in [9.17, 15) is 18.0 Å². The van der Waals surface area contributed by atoms with Gasteiger partial charge in [-0.1, -0.05) is 12.1 Å². The number of nitrogens with one attached hydrogen (secondary N) is 1. The lowest BCUT2D eigenvalue weighted by molar-refractivity contribution is -0.274. The third-order valence-corrected chi connectivity index (χ3v) is 4.49. The lowest BCUT2D eigenvalue weighted by atomic mass is 10.0. The summed E-state index contributed by atoms with van der Waals surface area (Å²) in [5, 5.41) is 7.19. The summed E-state index contributed by atoms with van der Waals surface area (Å²) >= 11 is 0. The Morgan fingerprint density at radius 3 is 2.53 bits per heavy atom. The molecule has 3 rings (SSSR count). The van der Waals surface area contributed by atoms with E-state index in [2.05, 4.69) is 19.9 Å². The summed E-state index contributed by atoms with van der Waals surface area (Å²) in [6.07, 6.45) is -3.52. The molecule has 158 valence electrons. The molecule has 30 heavy (non-hydrogen) atoms. The van der Waals surface area contributed by atoms with Gasteiger partial charge < -0.3 is 14.8 Å². The molecular weight excluding hydrogens is 399 g/mol. The molecule has 9 heteroatoms. The van der Waals surface area contributed by atoms with Crippen molar-refractivity contribution >= 4 is 6.09 Å². The summed E-state index contributed by atoms with van der Waals surface area (Å²) in [6, 6.07) is 11.7. The van der Waals surface area contributed by atoms with Crippen molar-refractivity contribution in [1.29, 1.82) is 0 Å². The molecule has 0 spiro atoms. The quantitative estimate of drug-likeness (QED) is 0.638. The number of aromatic nitrogens is 2. The molecule has 0 aliphatic heterocycles. The lowest BCUT2D eigenvalue weighted by Crippen LogP contribution is -2.22. The average Bonchev–Trinajstić information content (AvgIpc) is 3.15. The number of carbonyl (C=O) groups excluding carboxylic acids is 1. The molecule has 0 saturated heterocycles. The monoisotopic (exact) mass is 419 g/mol. The maximum atomic E-state index is 12.4. The number of methoxy groups -OCH3 is 1. The van der Waals surface area contributed by atoms with Crippen LogP contribution in [0.5, 0.6) is 5.75 Å². The molecule has 0 fully saturated rings. The molecule has 1 heterocycles. The van der Waals surface area contributed by atoms with E-state index < -0.39 is 12.5 Å². The van der Waals surface area contributed by atoms with Crippen LogP contribution in [0.1, 0.15) is 16.7 Å². The second-order valence-electron chi connectivity index (χ2n) is 6.63. The van der Waals surface area contributed by atoms with Crippen LogP contribution < -0.4 is 10.1 Å². The minimum atomic E-state index is -4.74. The number of alkyl carbamates (subject to hydrolysis) is 1. The third kappa shape index (κ3) is 5.11. The number of rotatable bonds is 5. The van der Waals surface area contributed by atoms with Gasteiger partial charge in [-0.3, -0.25) is 0 Å². The average molecular weight is 419 g/mol. The molecule has 0 saturated carbocycles. The molecule has 0 aliphatic rings. The van der Waals surface area contributed by atoms with Gasteiger partial charge >= 0.3 is 12.5 Å². The Morgan fingerprint density at radius 2 is 1.87 bits per heavy atom. The Morgan fingerprint density at radius 1 is 1.10 bits per heavy atom. The smallest absolute Gasteiger partial charge is 0.453 e. The summed E-state index contributed by atoms with van der Waals surface area (Å²) in [7, 11) is 1.30. The first-order valence-corrected chi connectivity index (χ1v) is 9.00. The number of halogens is 3. The van der Waals surface area contributed by atoms with Crippen molar-refractivity contribution in [3.05, 3.63) is 65.4 Å². The van der Waals surface area contributed by atoms with Gasteiger partial charge in [-0.25, -0.2) is 9.48 Å². The van der Waals surface area contributed by atoms with Crippen molar-refractivity contribution in [2.24, 2.45) is 0 Å². The molecule has 1 N–H and O–H groups in total. The number of benzene rings is 2. The fourth-order valence-electron chi connectivity index (χ4n) is 2.95. The first kappa shape index (κ1) is 21.2. The van der Waals surface area contributed by atoms with Gasteiger partial charge in [0, 0.05) is 18.3 Å². The molecule has 0 radical (unpaired) electrons. The normalized spacial score (nSPS) is 11.3. The van der Waals surface area contributed by atoms with Gasteiger partial charge in [-0.05, 0) is 60.9 Å². The standard InChI is InChI=1S/C21H20F3N3O3/c1-13-4-5-15(11-16(13)12-25-20(28)29-3)18-8-9-27(26-18)19-7-6-17(10-14(19)2)30-21(22,23)24/h4-11H,12H2,1-3H3,(H,25,28). The van der Waals surface area contributed by atoms with Crippen LogP contribution in [-0.4, -0.2) is 29.3 Å². The van der Waals surface area contributed by atoms with E-state index in [1.54, 1.807) is 17.8 Å². The fourth-order valence-corrected chi connectivity index (χ4v) is 2.95. The van der Waals surface area contributed by atoms with E-state index in [0.717, 1.165) is 16.7 Å². The number of alkyl halides is 3. The van der Waals surface area contributed by atoms with Crippen molar-refractivity contribution in [2.45, 2.75) is 26.8 Å². The Balaban J connectivity index is 1.84. The largest absolute Gasteiger partial charge is 0.573 e. The predicted molar refractivity (Wildman–Crippen MR) is 104 cm³/mol. The lowest BCUT2D eigenvalue weighted by Gasteiger charge is -2.12. The highest BCUT2D eigenvalue weighted by atomic mass is 19.4. The van der Waals surface area contributed by atoms with Crippen LogP contribution >= 0.6 is 0 Å². The van der Waals surface area contributed by atoms with Crippen LogP contribution in [0.25, 0.3) is 16.9 Å². The zero-order valence-corrected chi connectivity index (χ0v) is 16.6. The molecule has 0 atom stereocenters. The number of aryl methyl sites for hydroxylation is 2. The maximum absolute atomic E-state index is 12.4. The van der Waals surface area contributed by atoms with Gasteiger partial charge in [-0.2, -0.15) is 5.10 Å². The van der Waals surface area contributed by atoms with E-state index >= 15 is 0 Å². The van der Waals surface area contributed by atoms with Crippen molar-refractivity contribution in [3.63, 3.8) is 0 Å². The highest BCUT2D eigenvalue weighted by molar-refractivity contribution is 5.67. The summed E-state index contributed by atoms with van der Waals surface area (Å²) in [5.74, 6) is -0.280. The number of ether oxygens (including phenoxy) is 2. The minimum Gasteiger partial charge on any atom is -0.453 e. The molecular formula is C21H20F3N3O3. The van der Waals surface area contributed by atoms with E-state index in [0.29, 0.717) is 23.5 Å². The fraction of sp³-hybridized carbons (Fsp3) is 0.238. The zero-order chi connectivity index (χ0) is 21.9. The Hall–Kier alpha value is -3.49. The van der Waals surface area contributed by atoms with Crippen LogP contribution in [-0.2, 0) is 11.3 Å². The zero-order valence-electron chi connectivity index (χ0n) is 16.6. The molecule has 1 aromatic heterocycles. The van der Waals surface area contributed by atoms with Gasteiger partial charge in [0.15, 0.2) is 0 Å². The number of hydrogen-bond donors (Lipinski definition) is 1. The van der Waals surface area contributed by atoms with Crippen molar-refractivity contribution in [1.82, 2.24) is 15.1 Å². The first-order chi connectivity index (χ1) is 14.2. The van der Waals surface area contributed by atoms with Gasteiger partial charge in [-0.15, -0.1) is 13.2 Å². The van der Waals surface area contributed by atoms with E-state index in [1.165, 1.54) is 25.3 Å². The van der Waals surface area contributed by atoms with Gasteiger partial charge in [0.05, 0.1) is 18.5 Å². The van der Waals surface area contributed by atoms with E-state index in [1.807, 2.05) is 31.2 Å². The van der Waals surface area contributed by atoms with E-state index in [-0.39, 0.29) is 5.75 Å². The molecule has 1 amide bonds. The number of nitrogens with zero attached hydrogens (tertiary/aromatic N) is 2. The molecule has 6 nitrogen and oxygen atoms in total. The van der Waals surface area contributed by atoms with Gasteiger partial charge in [0.25, 0.3) is 0 Å². The highest BCUT2D eigenvalue weighted by Crippen LogP contribution is 2.27. The Labute approximate surface area is 171 Å². The number of amides is 1. The molecule has 0 aliphatic carbocycles. The van der Waals surface area contributed by atoms with Crippen molar-refractivity contribution in [3.8, 4) is 22.7 Å². The summed E-state index contributed by atoms with van der Waals surface area (Å²) in [6.45, 7) is 3.93. The minimum absolute atomic E-state index is 0.280. The molecule has 0 bridgehead atoms. The number of hydrogen-bond acceptors (Lipinski definition) is 4. The highest BCUT2D eigenvalue weighted by Gasteiger charge is 2.31. The second-order valence-corrected chi connectivity index (χ2v) is 6.63. The van der Waals surface area contributed by atoms with Gasteiger partial charge in [0.2, 0.25) is 0 Å². The Bertz CT molecular complexity index is 1060. The van der Waals surface area contributed by atoms with Crippen LogP contribution in [0.15, 0.2) is 48.7 Å². The van der Waals surface area contributed by atoms with Crippen molar-refractivity contribution < 1.29 is 27.4 Å². The SMILES string of the molecule is COC(=O)NCc1cc(-c2ccn(-c3ccc(OC(F)(F)F)cc3C)n2)ccc1C. The molecule has 2 aromatic carbocycles. The molecule has 3 aromatic rings. The van der Waals surface area contributed by atoms with Gasteiger partial charge in [0.1, 0.15) is 5.75 Å². The first-order valence-electron chi connectivity index (χ1n) is 9.00. The van der Waals surface area contributed by atoms with Crippen LogP contribution in [0.3, 0.4) is 0 Å². The maximum Gasteiger partial charge on any atom is 0.573 e. The number of carbonyl (C=O) groups is 1.